The third-order valence-corrected chi connectivity index (χ3v) is 2.83. The first kappa shape index (κ1) is 11.0. The minimum absolute atomic E-state index is 0.546. The highest BCUT2D eigenvalue weighted by atomic mass is 15.1. The van der Waals surface area contributed by atoms with E-state index in [0.29, 0.717) is 5.41 Å². The Morgan fingerprint density at radius 3 is 2.77 bits per heavy atom. The molecule has 0 aliphatic carbocycles. The van der Waals surface area contributed by atoms with E-state index < -0.39 is 0 Å². The SMILES string of the molecule is CCNCCN1CCCC(C)(C)C1. The zero-order valence-corrected chi connectivity index (χ0v) is 9.40. The van der Waals surface area contributed by atoms with Gasteiger partial charge in [0.15, 0.2) is 0 Å². The molecular formula is C11H24N2. The molecule has 0 unspecified atom stereocenters. The predicted molar refractivity (Wildman–Crippen MR) is 58.0 cm³/mol. The van der Waals surface area contributed by atoms with Gasteiger partial charge in [-0.05, 0) is 31.3 Å². The first-order valence-electron chi connectivity index (χ1n) is 5.57. The van der Waals surface area contributed by atoms with Crippen LogP contribution in [0.4, 0.5) is 0 Å². The maximum Gasteiger partial charge on any atom is 0.0107 e. The Kier molecular flexibility index (Phi) is 4.20. The van der Waals surface area contributed by atoms with Gasteiger partial charge in [-0.25, -0.2) is 0 Å². The number of likely N-dealkylation sites (N-methyl/N-ethyl adjacent to an activating group) is 1. The summed E-state index contributed by atoms with van der Waals surface area (Å²) in [4.78, 5) is 2.59. The number of nitrogens with zero attached hydrogens (tertiary/aromatic N) is 1. The smallest absolute Gasteiger partial charge is 0.0107 e. The van der Waals surface area contributed by atoms with Crippen molar-refractivity contribution < 1.29 is 0 Å². The maximum absolute atomic E-state index is 3.38. The minimum Gasteiger partial charge on any atom is -0.316 e. The molecule has 0 atom stereocenters. The van der Waals surface area contributed by atoms with Gasteiger partial charge in [0.25, 0.3) is 0 Å². The molecule has 78 valence electrons. The van der Waals surface area contributed by atoms with E-state index in [2.05, 4.69) is 31.0 Å². The van der Waals surface area contributed by atoms with Gasteiger partial charge < -0.3 is 10.2 Å². The molecule has 0 aromatic carbocycles. The van der Waals surface area contributed by atoms with Crippen molar-refractivity contribution in [3.05, 3.63) is 0 Å². The molecule has 1 N–H and O–H groups in total. The van der Waals surface area contributed by atoms with Gasteiger partial charge in [0.1, 0.15) is 0 Å². The molecule has 0 saturated carbocycles. The summed E-state index contributed by atoms with van der Waals surface area (Å²) in [7, 11) is 0. The average Bonchev–Trinajstić information content (AvgIpc) is 2.03. The largest absolute Gasteiger partial charge is 0.316 e. The lowest BCUT2D eigenvalue weighted by Crippen LogP contribution is -2.42. The fourth-order valence-electron chi connectivity index (χ4n) is 2.15. The van der Waals surface area contributed by atoms with Crippen LogP contribution in [0.2, 0.25) is 0 Å². The first-order chi connectivity index (χ1) is 6.14. The van der Waals surface area contributed by atoms with Crippen LogP contribution in [0.1, 0.15) is 33.6 Å². The lowest BCUT2D eigenvalue weighted by atomic mass is 9.84. The predicted octanol–water partition coefficient (Wildman–Crippen LogP) is 1.72. The Labute approximate surface area is 82.7 Å². The van der Waals surface area contributed by atoms with Crippen molar-refractivity contribution >= 4 is 0 Å². The summed E-state index contributed by atoms with van der Waals surface area (Å²) >= 11 is 0. The van der Waals surface area contributed by atoms with Crippen molar-refractivity contribution in [3.8, 4) is 0 Å². The first-order valence-corrected chi connectivity index (χ1v) is 5.57. The van der Waals surface area contributed by atoms with E-state index in [1.807, 2.05) is 0 Å². The third kappa shape index (κ3) is 4.10. The molecule has 1 rings (SSSR count). The number of hydrogen-bond donors (Lipinski definition) is 1. The number of rotatable bonds is 4. The lowest BCUT2D eigenvalue weighted by molar-refractivity contribution is 0.119. The molecule has 0 amide bonds. The molecule has 1 saturated heterocycles. The van der Waals surface area contributed by atoms with Crippen LogP contribution in [0.5, 0.6) is 0 Å². The Bertz CT molecular complexity index is 143. The Morgan fingerprint density at radius 2 is 2.15 bits per heavy atom. The second-order valence-electron chi connectivity index (χ2n) is 4.90. The van der Waals surface area contributed by atoms with Crippen molar-refractivity contribution in [2.45, 2.75) is 33.6 Å². The normalized spacial score (nSPS) is 23.3. The molecule has 1 aliphatic rings. The summed E-state index contributed by atoms with van der Waals surface area (Å²) in [6.07, 6.45) is 2.77. The van der Waals surface area contributed by atoms with Gasteiger partial charge in [-0.2, -0.15) is 0 Å². The van der Waals surface area contributed by atoms with E-state index in [-0.39, 0.29) is 0 Å². The van der Waals surface area contributed by atoms with Crippen molar-refractivity contribution in [1.82, 2.24) is 10.2 Å². The fourth-order valence-corrected chi connectivity index (χ4v) is 2.15. The standard InChI is InChI=1S/C11H24N2/c1-4-12-7-9-13-8-5-6-11(2,3)10-13/h12H,4-10H2,1-3H3. The highest BCUT2D eigenvalue weighted by Crippen LogP contribution is 2.27. The van der Waals surface area contributed by atoms with Crippen LogP contribution < -0.4 is 5.32 Å². The van der Waals surface area contributed by atoms with Crippen LogP contribution >= 0.6 is 0 Å². The number of piperidine rings is 1. The number of hydrogen-bond acceptors (Lipinski definition) is 2. The van der Waals surface area contributed by atoms with Crippen LogP contribution in [-0.4, -0.2) is 37.6 Å². The van der Waals surface area contributed by atoms with Crippen LogP contribution in [-0.2, 0) is 0 Å². The van der Waals surface area contributed by atoms with Gasteiger partial charge in [0, 0.05) is 19.6 Å². The van der Waals surface area contributed by atoms with Crippen LogP contribution in [0.25, 0.3) is 0 Å². The Morgan fingerprint density at radius 1 is 1.38 bits per heavy atom. The van der Waals surface area contributed by atoms with Crippen molar-refractivity contribution in [2.24, 2.45) is 5.41 Å². The van der Waals surface area contributed by atoms with Gasteiger partial charge >= 0.3 is 0 Å². The monoisotopic (exact) mass is 184 g/mol. The molecule has 1 aliphatic heterocycles. The highest BCUT2D eigenvalue weighted by molar-refractivity contribution is 4.79. The van der Waals surface area contributed by atoms with Crippen molar-refractivity contribution in [1.29, 1.82) is 0 Å². The molecule has 0 aromatic rings. The van der Waals surface area contributed by atoms with E-state index >= 15 is 0 Å². The second kappa shape index (κ2) is 4.97. The summed E-state index contributed by atoms with van der Waals surface area (Å²) in [6.45, 7) is 13.0. The summed E-state index contributed by atoms with van der Waals surface area (Å²) in [5, 5.41) is 3.38. The molecule has 0 radical (unpaired) electrons. The molecule has 0 bridgehead atoms. The number of nitrogens with one attached hydrogen (secondary N) is 1. The zero-order valence-electron chi connectivity index (χ0n) is 9.40. The summed E-state index contributed by atoms with van der Waals surface area (Å²) < 4.78 is 0. The third-order valence-electron chi connectivity index (χ3n) is 2.83. The fraction of sp³-hybridized carbons (Fsp3) is 1.00. The minimum atomic E-state index is 0.546. The molecule has 0 spiro atoms. The van der Waals surface area contributed by atoms with Gasteiger partial charge in [-0.1, -0.05) is 20.8 Å². The Hall–Kier alpha value is -0.0800. The van der Waals surface area contributed by atoms with Gasteiger partial charge in [-0.3, -0.25) is 0 Å². The van der Waals surface area contributed by atoms with E-state index in [1.165, 1.54) is 32.5 Å². The van der Waals surface area contributed by atoms with Gasteiger partial charge in [0.2, 0.25) is 0 Å². The van der Waals surface area contributed by atoms with E-state index in [4.69, 9.17) is 0 Å². The topological polar surface area (TPSA) is 15.3 Å². The summed E-state index contributed by atoms with van der Waals surface area (Å²) in [5.41, 5.74) is 0.546. The second-order valence-corrected chi connectivity index (χ2v) is 4.90. The highest BCUT2D eigenvalue weighted by Gasteiger charge is 2.25. The molecule has 2 heteroatoms. The molecular weight excluding hydrogens is 160 g/mol. The quantitative estimate of drug-likeness (QED) is 0.669. The molecule has 13 heavy (non-hydrogen) atoms. The molecule has 2 nitrogen and oxygen atoms in total. The maximum atomic E-state index is 3.38. The Balaban J connectivity index is 2.19. The average molecular weight is 184 g/mol. The summed E-state index contributed by atoms with van der Waals surface area (Å²) in [5.74, 6) is 0. The zero-order chi connectivity index (χ0) is 9.73. The molecule has 1 fully saturated rings. The lowest BCUT2D eigenvalue weighted by Gasteiger charge is -2.38. The van der Waals surface area contributed by atoms with Crippen molar-refractivity contribution in [3.63, 3.8) is 0 Å². The summed E-state index contributed by atoms with van der Waals surface area (Å²) in [6, 6.07) is 0. The van der Waals surface area contributed by atoms with Gasteiger partial charge in [-0.15, -0.1) is 0 Å². The number of likely N-dealkylation sites (tertiary alicyclic amines) is 1. The van der Waals surface area contributed by atoms with Crippen molar-refractivity contribution in [2.75, 3.05) is 32.7 Å². The van der Waals surface area contributed by atoms with Crippen LogP contribution in [0.3, 0.4) is 0 Å². The van der Waals surface area contributed by atoms with Crippen LogP contribution in [0.15, 0.2) is 0 Å². The van der Waals surface area contributed by atoms with E-state index in [9.17, 15) is 0 Å². The van der Waals surface area contributed by atoms with E-state index in [0.717, 1.165) is 13.1 Å². The van der Waals surface area contributed by atoms with Crippen LogP contribution in [0, 0.1) is 5.41 Å². The molecule has 1 heterocycles. The molecule has 0 aromatic heterocycles. The van der Waals surface area contributed by atoms with Gasteiger partial charge in [0.05, 0.1) is 0 Å². The van der Waals surface area contributed by atoms with E-state index in [1.54, 1.807) is 0 Å².